The van der Waals surface area contributed by atoms with Crippen LogP contribution in [0.2, 0.25) is 10.3 Å². The lowest BCUT2D eigenvalue weighted by atomic mass is 10.1. The largest absolute Gasteiger partial charge is 0.466 e. The summed E-state index contributed by atoms with van der Waals surface area (Å²) in [6.45, 7) is 2.07. The molecule has 4 nitrogen and oxygen atoms in total. The summed E-state index contributed by atoms with van der Waals surface area (Å²) < 4.78 is 4.79. The number of esters is 1. The van der Waals surface area contributed by atoms with Crippen molar-refractivity contribution in [3.05, 3.63) is 28.0 Å². The van der Waals surface area contributed by atoms with Crippen LogP contribution in [-0.2, 0) is 9.53 Å². The Hall–Kier alpha value is -0.550. The number of carbonyl (C=O) groups is 1. The topological polar surface area (TPSA) is 65.2 Å². The number of hydrogen-bond donors (Lipinski definition) is 1. The van der Waals surface area contributed by atoms with Crippen LogP contribution < -0.4 is 5.73 Å². The molecule has 0 bridgehead atoms. The third kappa shape index (κ3) is 5.08. The lowest BCUT2D eigenvalue weighted by molar-refractivity contribution is -0.143. The van der Waals surface area contributed by atoms with Crippen molar-refractivity contribution in [3.8, 4) is 0 Å². The molecule has 17 heavy (non-hydrogen) atoms. The SMILES string of the molecule is CCOC(=O)C[C@@H](N)c1ccc(Cl)nc1Cl.Cl. The molecule has 1 heterocycles. The lowest BCUT2D eigenvalue weighted by Crippen LogP contribution is -2.17. The first-order valence-corrected chi connectivity index (χ1v) is 5.53. The molecule has 0 aliphatic carbocycles. The second-order valence-corrected chi connectivity index (χ2v) is 3.87. The van der Waals surface area contributed by atoms with Crippen LogP contribution >= 0.6 is 35.6 Å². The smallest absolute Gasteiger partial charge is 0.307 e. The zero-order chi connectivity index (χ0) is 12.1. The van der Waals surface area contributed by atoms with Crippen LogP contribution in [0.3, 0.4) is 0 Å². The molecule has 96 valence electrons. The first-order valence-electron chi connectivity index (χ1n) is 4.77. The number of ether oxygens (including phenoxy) is 1. The number of carbonyl (C=O) groups excluding carboxylic acids is 1. The molecular weight excluding hydrogens is 286 g/mol. The van der Waals surface area contributed by atoms with Crippen molar-refractivity contribution in [1.29, 1.82) is 0 Å². The minimum atomic E-state index is -0.531. The third-order valence-electron chi connectivity index (χ3n) is 1.93. The highest BCUT2D eigenvalue weighted by atomic mass is 35.5. The Morgan fingerprint density at radius 1 is 1.53 bits per heavy atom. The van der Waals surface area contributed by atoms with E-state index in [4.69, 9.17) is 33.7 Å². The van der Waals surface area contributed by atoms with Crippen molar-refractivity contribution in [1.82, 2.24) is 4.98 Å². The summed E-state index contributed by atoms with van der Waals surface area (Å²) in [4.78, 5) is 15.1. The molecule has 1 atom stereocenters. The number of halogens is 3. The third-order valence-corrected chi connectivity index (χ3v) is 2.45. The molecule has 0 saturated heterocycles. The van der Waals surface area contributed by atoms with Gasteiger partial charge in [-0.3, -0.25) is 4.79 Å². The number of aromatic nitrogens is 1. The predicted octanol–water partition coefficient (Wildman–Crippen LogP) is 2.76. The summed E-state index contributed by atoms with van der Waals surface area (Å²) in [6.07, 6.45) is 0.0663. The Labute approximate surface area is 116 Å². The molecule has 0 fully saturated rings. The summed E-state index contributed by atoms with van der Waals surface area (Å²) in [5.41, 5.74) is 6.39. The van der Waals surface area contributed by atoms with Gasteiger partial charge in [-0.05, 0) is 13.0 Å². The number of nitrogens with two attached hydrogens (primary N) is 1. The summed E-state index contributed by atoms with van der Waals surface area (Å²) in [6, 6.07) is 2.70. The number of pyridine rings is 1. The molecule has 0 aromatic carbocycles. The highest BCUT2D eigenvalue weighted by Crippen LogP contribution is 2.23. The molecule has 0 spiro atoms. The van der Waals surface area contributed by atoms with Crippen molar-refractivity contribution >= 4 is 41.6 Å². The van der Waals surface area contributed by atoms with Crippen LogP contribution in [0.15, 0.2) is 12.1 Å². The van der Waals surface area contributed by atoms with Crippen LogP contribution in [0.1, 0.15) is 24.9 Å². The second-order valence-electron chi connectivity index (χ2n) is 3.13. The van der Waals surface area contributed by atoms with E-state index in [2.05, 4.69) is 4.98 Å². The first kappa shape index (κ1) is 16.4. The van der Waals surface area contributed by atoms with Gasteiger partial charge in [0.25, 0.3) is 0 Å². The van der Waals surface area contributed by atoms with Gasteiger partial charge in [-0.2, -0.15) is 0 Å². The molecule has 0 amide bonds. The lowest BCUT2D eigenvalue weighted by Gasteiger charge is -2.12. The zero-order valence-corrected chi connectivity index (χ0v) is 11.5. The zero-order valence-electron chi connectivity index (χ0n) is 9.15. The van der Waals surface area contributed by atoms with E-state index in [1.165, 1.54) is 0 Å². The van der Waals surface area contributed by atoms with Crippen LogP contribution in [0, 0.1) is 0 Å². The average Bonchev–Trinajstić information content (AvgIpc) is 2.17. The van der Waals surface area contributed by atoms with Crippen LogP contribution in [0.4, 0.5) is 0 Å². The standard InChI is InChI=1S/C10H12Cl2N2O2.ClH/c1-2-16-9(15)5-7(13)6-3-4-8(11)14-10(6)12;/h3-4,7H,2,5,13H2,1H3;1H/t7-;/m1./s1. The van der Waals surface area contributed by atoms with Gasteiger partial charge in [-0.15, -0.1) is 12.4 Å². The van der Waals surface area contributed by atoms with Crippen LogP contribution in [-0.4, -0.2) is 17.6 Å². The second kappa shape index (κ2) is 7.71. The number of hydrogen-bond acceptors (Lipinski definition) is 4. The average molecular weight is 300 g/mol. The fourth-order valence-corrected chi connectivity index (χ4v) is 1.69. The van der Waals surface area contributed by atoms with E-state index in [9.17, 15) is 4.79 Å². The van der Waals surface area contributed by atoms with Gasteiger partial charge in [0, 0.05) is 11.6 Å². The minimum absolute atomic E-state index is 0. The van der Waals surface area contributed by atoms with Crippen molar-refractivity contribution in [2.75, 3.05) is 6.61 Å². The molecule has 0 aliphatic rings. The van der Waals surface area contributed by atoms with E-state index in [0.717, 1.165) is 0 Å². The van der Waals surface area contributed by atoms with Crippen LogP contribution in [0.25, 0.3) is 0 Å². The Balaban J connectivity index is 0.00000256. The normalized spacial score (nSPS) is 11.5. The predicted molar refractivity (Wildman–Crippen MR) is 69.7 cm³/mol. The Kier molecular flexibility index (Phi) is 7.46. The number of nitrogens with zero attached hydrogens (tertiary/aromatic N) is 1. The van der Waals surface area contributed by atoms with Crippen molar-refractivity contribution in [2.24, 2.45) is 5.73 Å². The van der Waals surface area contributed by atoms with Gasteiger partial charge in [0.2, 0.25) is 0 Å². The monoisotopic (exact) mass is 298 g/mol. The minimum Gasteiger partial charge on any atom is -0.466 e. The maximum atomic E-state index is 11.2. The van der Waals surface area contributed by atoms with E-state index in [1.807, 2.05) is 0 Å². The summed E-state index contributed by atoms with van der Waals surface area (Å²) in [7, 11) is 0. The quantitative estimate of drug-likeness (QED) is 0.686. The first-order chi connectivity index (χ1) is 7.54. The molecule has 1 rings (SSSR count). The Bertz CT molecular complexity index is 388. The van der Waals surface area contributed by atoms with Crippen LogP contribution in [0.5, 0.6) is 0 Å². The van der Waals surface area contributed by atoms with E-state index in [0.29, 0.717) is 12.2 Å². The van der Waals surface area contributed by atoms with Gasteiger partial charge >= 0.3 is 5.97 Å². The van der Waals surface area contributed by atoms with Gasteiger partial charge < -0.3 is 10.5 Å². The van der Waals surface area contributed by atoms with Crippen molar-refractivity contribution in [3.63, 3.8) is 0 Å². The molecular formula is C10H13Cl3N2O2. The summed E-state index contributed by atoms with van der Waals surface area (Å²) >= 11 is 11.5. The van der Waals surface area contributed by atoms with Gasteiger partial charge in [-0.25, -0.2) is 4.98 Å². The highest BCUT2D eigenvalue weighted by molar-refractivity contribution is 6.32. The molecule has 1 aromatic rings. The van der Waals surface area contributed by atoms with Gasteiger partial charge in [0.05, 0.1) is 13.0 Å². The van der Waals surface area contributed by atoms with E-state index < -0.39 is 6.04 Å². The maximum absolute atomic E-state index is 11.2. The summed E-state index contributed by atoms with van der Waals surface area (Å²) in [5, 5.41) is 0.501. The molecule has 7 heteroatoms. The van der Waals surface area contributed by atoms with Gasteiger partial charge in [0.1, 0.15) is 10.3 Å². The summed E-state index contributed by atoms with van der Waals surface area (Å²) in [5.74, 6) is -0.360. The Morgan fingerprint density at radius 2 is 2.18 bits per heavy atom. The molecule has 0 unspecified atom stereocenters. The van der Waals surface area contributed by atoms with E-state index in [-0.39, 0.29) is 35.1 Å². The highest BCUT2D eigenvalue weighted by Gasteiger charge is 2.16. The molecule has 0 aliphatic heterocycles. The molecule has 1 aromatic heterocycles. The van der Waals surface area contributed by atoms with Gasteiger partial charge in [-0.1, -0.05) is 29.3 Å². The van der Waals surface area contributed by atoms with Crippen molar-refractivity contribution in [2.45, 2.75) is 19.4 Å². The Morgan fingerprint density at radius 3 is 2.71 bits per heavy atom. The fourth-order valence-electron chi connectivity index (χ4n) is 1.21. The molecule has 2 N–H and O–H groups in total. The molecule has 0 saturated carbocycles. The van der Waals surface area contributed by atoms with Crippen molar-refractivity contribution < 1.29 is 9.53 Å². The van der Waals surface area contributed by atoms with Gasteiger partial charge in [0.15, 0.2) is 0 Å². The van der Waals surface area contributed by atoms with E-state index in [1.54, 1.807) is 19.1 Å². The molecule has 0 radical (unpaired) electrons. The van der Waals surface area contributed by atoms with E-state index >= 15 is 0 Å². The number of rotatable bonds is 4. The maximum Gasteiger partial charge on any atom is 0.307 e. The fraction of sp³-hybridized carbons (Fsp3) is 0.400.